The monoisotopic (exact) mass is 280 g/mol. The summed E-state index contributed by atoms with van der Waals surface area (Å²) in [4.78, 5) is 10.7. The molecule has 1 rings (SSSR count). The van der Waals surface area contributed by atoms with Crippen molar-refractivity contribution in [3.05, 3.63) is 29.0 Å². The molecule has 0 aliphatic carbocycles. The Labute approximate surface area is 103 Å². The van der Waals surface area contributed by atoms with Crippen LogP contribution in [0.2, 0.25) is 5.02 Å². The Morgan fingerprint density at radius 2 is 2.06 bits per heavy atom. The van der Waals surface area contributed by atoms with E-state index in [2.05, 4.69) is 0 Å². The van der Waals surface area contributed by atoms with Gasteiger partial charge in [-0.1, -0.05) is 11.6 Å². The van der Waals surface area contributed by atoms with E-state index in [-0.39, 0.29) is 10.7 Å². The molecule has 0 unspecified atom stereocenters. The van der Waals surface area contributed by atoms with Crippen molar-refractivity contribution in [2.24, 2.45) is 0 Å². The van der Waals surface area contributed by atoms with Crippen LogP contribution in [0.25, 0.3) is 0 Å². The lowest BCUT2D eigenvalue weighted by molar-refractivity contribution is -0.117. The summed E-state index contributed by atoms with van der Waals surface area (Å²) in [6.45, 7) is 1.07. The third kappa shape index (κ3) is 3.31. The summed E-state index contributed by atoms with van der Waals surface area (Å²) in [6.07, 6.45) is 0. The van der Waals surface area contributed by atoms with Crippen LogP contribution in [0, 0.1) is 5.82 Å². The van der Waals surface area contributed by atoms with Crippen LogP contribution in [-0.2, 0) is 15.0 Å². The van der Waals surface area contributed by atoms with Gasteiger partial charge in [0, 0.05) is 14.0 Å². The molecule has 0 radical (unpaired) electrons. The van der Waals surface area contributed by atoms with Gasteiger partial charge in [0.1, 0.15) is 5.82 Å². The summed E-state index contributed by atoms with van der Waals surface area (Å²) in [6, 6.07) is 3.42. The van der Waals surface area contributed by atoms with Crippen molar-refractivity contribution in [3.8, 4) is 0 Å². The zero-order valence-electron chi connectivity index (χ0n) is 9.07. The van der Waals surface area contributed by atoms with Crippen LogP contribution in [0.5, 0.6) is 0 Å². The molecule has 0 aliphatic heterocycles. The molecule has 17 heavy (non-hydrogen) atoms. The van der Waals surface area contributed by atoms with Crippen molar-refractivity contribution < 1.29 is 17.6 Å². The van der Waals surface area contributed by atoms with E-state index in [1.54, 1.807) is 4.72 Å². The molecule has 0 spiro atoms. The van der Waals surface area contributed by atoms with E-state index in [1.165, 1.54) is 13.1 Å². The Hall–Kier alpha value is -1.34. The predicted octanol–water partition coefficient (Wildman–Crippen LogP) is 1.30. The van der Waals surface area contributed by atoms with E-state index in [1.807, 2.05) is 0 Å². The Balaban J connectivity index is 3.08. The van der Waals surface area contributed by atoms with Crippen LogP contribution >= 0.6 is 11.6 Å². The first kappa shape index (κ1) is 13.7. The highest BCUT2D eigenvalue weighted by Gasteiger charge is 2.19. The number of amides is 1. The van der Waals surface area contributed by atoms with Crippen LogP contribution in [0.4, 0.5) is 10.1 Å². The van der Waals surface area contributed by atoms with E-state index in [4.69, 9.17) is 11.6 Å². The zero-order chi connectivity index (χ0) is 13.2. The summed E-state index contributed by atoms with van der Waals surface area (Å²) < 4.78 is 38.7. The Bertz CT molecular complexity index is 547. The lowest BCUT2D eigenvalue weighted by Gasteiger charge is -2.19. The molecule has 1 N–H and O–H groups in total. The Morgan fingerprint density at radius 3 is 2.53 bits per heavy atom. The second kappa shape index (κ2) is 4.89. The first-order valence-corrected chi connectivity index (χ1v) is 6.28. The van der Waals surface area contributed by atoms with Crippen LogP contribution < -0.4 is 9.03 Å². The molecule has 0 saturated carbocycles. The molecule has 0 fully saturated rings. The summed E-state index contributed by atoms with van der Waals surface area (Å²) >= 11 is 5.53. The molecule has 0 saturated heterocycles. The van der Waals surface area contributed by atoms with Crippen molar-refractivity contribution in [2.75, 3.05) is 11.4 Å². The molecular formula is C9H10ClFN2O3S. The second-order valence-corrected chi connectivity index (χ2v) is 5.34. The van der Waals surface area contributed by atoms with E-state index in [0.717, 1.165) is 23.4 Å². The molecule has 0 aromatic heterocycles. The van der Waals surface area contributed by atoms with E-state index in [9.17, 15) is 17.6 Å². The van der Waals surface area contributed by atoms with Gasteiger partial charge in [0.05, 0.1) is 10.7 Å². The molecular weight excluding hydrogens is 271 g/mol. The number of benzene rings is 1. The van der Waals surface area contributed by atoms with Crippen molar-refractivity contribution in [2.45, 2.75) is 6.92 Å². The molecule has 0 heterocycles. The highest BCUT2D eigenvalue weighted by molar-refractivity contribution is 7.91. The third-order valence-corrected chi connectivity index (χ3v) is 3.67. The maximum absolute atomic E-state index is 12.9. The highest BCUT2D eigenvalue weighted by atomic mass is 35.5. The van der Waals surface area contributed by atoms with Gasteiger partial charge in [-0.05, 0) is 18.2 Å². The van der Waals surface area contributed by atoms with Crippen molar-refractivity contribution >= 4 is 33.4 Å². The quantitative estimate of drug-likeness (QED) is 0.907. The summed E-state index contributed by atoms with van der Waals surface area (Å²) in [7, 11) is -2.77. The van der Waals surface area contributed by atoms with Gasteiger partial charge in [0.2, 0.25) is 5.91 Å². The number of nitrogens with one attached hydrogen (secondary N) is 1. The summed E-state index contributed by atoms with van der Waals surface area (Å²) in [5.41, 5.74) is 0.144. The number of carbonyl (C=O) groups is 1. The van der Waals surface area contributed by atoms with Gasteiger partial charge in [-0.15, -0.1) is 0 Å². The van der Waals surface area contributed by atoms with Crippen LogP contribution in [0.1, 0.15) is 6.92 Å². The number of anilines is 1. The molecule has 94 valence electrons. The zero-order valence-corrected chi connectivity index (χ0v) is 10.6. The number of hydrogen-bond acceptors (Lipinski definition) is 3. The molecule has 0 aliphatic rings. The second-order valence-electron chi connectivity index (χ2n) is 3.23. The average molecular weight is 281 g/mol. The summed E-state index contributed by atoms with van der Waals surface area (Å²) in [5.74, 6) is -1.37. The number of halogens is 2. The van der Waals surface area contributed by atoms with Crippen LogP contribution in [-0.4, -0.2) is 21.4 Å². The summed E-state index contributed by atoms with van der Waals surface area (Å²) in [5, 5.41) is -0.202. The normalized spacial score (nSPS) is 11.1. The van der Waals surface area contributed by atoms with Gasteiger partial charge in [0.25, 0.3) is 0 Å². The SMILES string of the molecule is CC(=O)NS(=O)(=O)N(C)c1ccc(F)c(Cl)c1. The standard InChI is InChI=1S/C9H10ClFN2O3S/c1-6(14)12-17(15,16)13(2)7-3-4-9(11)8(10)5-7/h3-5H,1-2H3,(H,12,14). The minimum atomic E-state index is -3.99. The van der Waals surface area contributed by atoms with Crippen molar-refractivity contribution in [1.29, 1.82) is 0 Å². The fourth-order valence-electron chi connectivity index (χ4n) is 1.07. The number of rotatable bonds is 3. The molecule has 8 heteroatoms. The molecule has 1 amide bonds. The van der Waals surface area contributed by atoms with Gasteiger partial charge >= 0.3 is 10.2 Å². The molecule has 1 aromatic carbocycles. The lowest BCUT2D eigenvalue weighted by atomic mass is 10.3. The smallest absolute Gasteiger partial charge is 0.274 e. The number of carbonyl (C=O) groups excluding carboxylic acids is 1. The molecule has 5 nitrogen and oxygen atoms in total. The van der Waals surface area contributed by atoms with Crippen LogP contribution in [0.15, 0.2) is 18.2 Å². The van der Waals surface area contributed by atoms with Crippen LogP contribution in [0.3, 0.4) is 0 Å². The molecule has 0 atom stereocenters. The van der Waals surface area contributed by atoms with Gasteiger partial charge in [-0.2, -0.15) is 8.42 Å². The minimum Gasteiger partial charge on any atom is -0.274 e. The average Bonchev–Trinajstić information content (AvgIpc) is 2.19. The Kier molecular flexibility index (Phi) is 3.94. The topological polar surface area (TPSA) is 66.5 Å². The number of nitrogens with zero attached hydrogens (tertiary/aromatic N) is 1. The minimum absolute atomic E-state index is 0.144. The van der Waals surface area contributed by atoms with E-state index in [0.29, 0.717) is 0 Å². The number of hydrogen-bond donors (Lipinski definition) is 1. The van der Waals surface area contributed by atoms with Gasteiger partial charge in [-0.25, -0.2) is 9.11 Å². The van der Waals surface area contributed by atoms with Gasteiger partial charge < -0.3 is 0 Å². The van der Waals surface area contributed by atoms with Crippen molar-refractivity contribution in [1.82, 2.24) is 4.72 Å². The van der Waals surface area contributed by atoms with Gasteiger partial charge in [0.15, 0.2) is 0 Å². The molecule has 1 aromatic rings. The maximum Gasteiger partial charge on any atom is 0.325 e. The lowest BCUT2D eigenvalue weighted by Crippen LogP contribution is -2.40. The third-order valence-electron chi connectivity index (χ3n) is 1.90. The highest BCUT2D eigenvalue weighted by Crippen LogP contribution is 2.22. The fourth-order valence-corrected chi connectivity index (χ4v) is 2.14. The fraction of sp³-hybridized carbons (Fsp3) is 0.222. The first-order valence-electron chi connectivity index (χ1n) is 4.46. The first-order chi connectivity index (χ1) is 7.74. The Morgan fingerprint density at radius 1 is 1.47 bits per heavy atom. The maximum atomic E-state index is 12.9. The van der Waals surface area contributed by atoms with Crippen molar-refractivity contribution in [3.63, 3.8) is 0 Å². The predicted molar refractivity (Wildman–Crippen MR) is 62.5 cm³/mol. The van der Waals surface area contributed by atoms with E-state index >= 15 is 0 Å². The van der Waals surface area contributed by atoms with E-state index < -0.39 is 21.9 Å². The molecule has 0 bridgehead atoms. The van der Waals surface area contributed by atoms with Gasteiger partial charge in [-0.3, -0.25) is 9.10 Å². The largest absolute Gasteiger partial charge is 0.325 e.